The van der Waals surface area contributed by atoms with Gasteiger partial charge in [-0.3, -0.25) is 14.9 Å². The van der Waals surface area contributed by atoms with Gasteiger partial charge in [-0.2, -0.15) is 0 Å². The molecule has 1 unspecified atom stereocenters. The Bertz CT molecular complexity index is 1190. The normalized spacial score (nSPS) is 15.9. The molecule has 1 fully saturated rings. The lowest BCUT2D eigenvalue weighted by Crippen LogP contribution is -3.11. The summed E-state index contributed by atoms with van der Waals surface area (Å²) < 4.78 is 11.0. The second-order valence-electron chi connectivity index (χ2n) is 9.78. The molecule has 0 bridgehead atoms. The maximum Gasteiger partial charge on any atom is 0.283 e. The quantitative estimate of drug-likeness (QED) is 0.339. The average Bonchev–Trinajstić information content (AvgIpc) is 3.38. The Morgan fingerprint density at radius 1 is 0.919 bits per heavy atom. The van der Waals surface area contributed by atoms with Crippen molar-refractivity contribution in [3.63, 3.8) is 0 Å². The highest BCUT2D eigenvalue weighted by atomic mass is 16.7. The third kappa shape index (κ3) is 5.91. The van der Waals surface area contributed by atoms with Crippen LogP contribution in [-0.4, -0.2) is 23.7 Å². The lowest BCUT2D eigenvalue weighted by Gasteiger charge is -2.31. The maximum atomic E-state index is 14.1. The van der Waals surface area contributed by atoms with Gasteiger partial charge in [-0.05, 0) is 12.8 Å². The summed E-state index contributed by atoms with van der Waals surface area (Å²) in [6.45, 7) is 1.04. The topological polar surface area (TPSA) is 95.1 Å². The highest BCUT2D eigenvalue weighted by molar-refractivity contribution is 5.84. The fraction of sp³-hybridized carbons (Fsp3) is 0.345. The lowest BCUT2D eigenvalue weighted by molar-refractivity contribution is -0.949. The number of hydrogen-bond acceptors (Lipinski definition) is 5. The van der Waals surface area contributed by atoms with Gasteiger partial charge in [0.15, 0.2) is 17.5 Å². The Labute approximate surface area is 216 Å². The third-order valence-corrected chi connectivity index (χ3v) is 7.20. The molecule has 1 saturated carbocycles. The number of benzene rings is 3. The number of nitro benzene ring substituents is 1. The zero-order chi connectivity index (χ0) is 25.6. The summed E-state index contributed by atoms with van der Waals surface area (Å²) in [5, 5.41) is 15.5. The van der Waals surface area contributed by atoms with E-state index in [1.807, 2.05) is 60.7 Å². The van der Waals surface area contributed by atoms with Gasteiger partial charge in [0.05, 0.1) is 11.0 Å². The van der Waals surface area contributed by atoms with E-state index >= 15 is 0 Å². The standard InChI is InChI=1S/C29H31N3O5/c33-29(30-23-14-8-3-9-15-23)28(24-16-26-27(37-20-36-26)17-25(24)32(34)35)31(18-21-10-4-1-5-11-21)19-22-12-6-2-7-13-22/h1-2,4-7,10-13,16-17,23,28H,3,8-9,14-15,18-20H2,(H,30,33)/p+1. The van der Waals surface area contributed by atoms with Crippen molar-refractivity contribution in [1.82, 2.24) is 5.32 Å². The van der Waals surface area contributed by atoms with Gasteiger partial charge in [0.2, 0.25) is 6.79 Å². The highest BCUT2D eigenvalue weighted by Gasteiger charge is 2.40. The fourth-order valence-electron chi connectivity index (χ4n) is 5.40. The molecule has 2 aliphatic rings. The first kappa shape index (κ1) is 24.8. The van der Waals surface area contributed by atoms with E-state index in [1.54, 1.807) is 6.07 Å². The van der Waals surface area contributed by atoms with Crippen molar-refractivity contribution >= 4 is 11.6 Å². The van der Waals surface area contributed by atoms with Crippen molar-refractivity contribution in [1.29, 1.82) is 0 Å². The van der Waals surface area contributed by atoms with Gasteiger partial charge in [0.1, 0.15) is 18.7 Å². The number of hydrogen-bond donors (Lipinski definition) is 2. The molecule has 0 saturated heterocycles. The summed E-state index contributed by atoms with van der Waals surface area (Å²) in [5.74, 6) is 0.556. The van der Waals surface area contributed by atoms with Crippen LogP contribution >= 0.6 is 0 Å². The molecule has 8 heteroatoms. The van der Waals surface area contributed by atoms with Crippen LogP contribution in [0.15, 0.2) is 72.8 Å². The minimum absolute atomic E-state index is 0.000516. The molecule has 8 nitrogen and oxygen atoms in total. The lowest BCUT2D eigenvalue weighted by atomic mass is 9.94. The van der Waals surface area contributed by atoms with E-state index in [1.165, 1.54) is 12.5 Å². The molecular formula is C29H32N3O5+. The van der Waals surface area contributed by atoms with Crippen LogP contribution in [0.3, 0.4) is 0 Å². The number of amides is 1. The molecule has 1 amide bonds. The first-order valence-electron chi connectivity index (χ1n) is 12.9. The summed E-state index contributed by atoms with van der Waals surface area (Å²) >= 11 is 0. The Morgan fingerprint density at radius 3 is 2.05 bits per heavy atom. The van der Waals surface area contributed by atoms with Crippen LogP contribution in [0.1, 0.15) is 54.8 Å². The maximum absolute atomic E-state index is 14.1. The average molecular weight is 503 g/mol. The Balaban J connectivity index is 1.59. The molecule has 2 N–H and O–H groups in total. The molecule has 0 radical (unpaired) electrons. The molecule has 3 aromatic carbocycles. The van der Waals surface area contributed by atoms with Crippen LogP contribution < -0.4 is 19.7 Å². The Morgan fingerprint density at radius 2 is 1.49 bits per heavy atom. The molecule has 1 atom stereocenters. The van der Waals surface area contributed by atoms with Crippen molar-refractivity contribution in [2.24, 2.45) is 0 Å². The number of ether oxygens (including phenoxy) is 2. The first-order valence-corrected chi connectivity index (χ1v) is 12.9. The van der Waals surface area contributed by atoms with Crippen LogP contribution in [0, 0.1) is 10.1 Å². The molecule has 3 aromatic rings. The van der Waals surface area contributed by atoms with E-state index in [2.05, 4.69) is 5.32 Å². The number of carbonyl (C=O) groups is 1. The van der Waals surface area contributed by atoms with Crippen molar-refractivity contribution in [3.8, 4) is 11.5 Å². The van der Waals surface area contributed by atoms with Gasteiger partial charge in [-0.15, -0.1) is 0 Å². The van der Waals surface area contributed by atoms with Crippen molar-refractivity contribution in [2.75, 3.05) is 6.79 Å². The highest BCUT2D eigenvalue weighted by Crippen LogP contribution is 2.40. The number of rotatable bonds is 9. The molecule has 1 aliphatic carbocycles. The van der Waals surface area contributed by atoms with Gasteiger partial charge in [-0.1, -0.05) is 79.9 Å². The van der Waals surface area contributed by atoms with Crippen molar-refractivity contribution in [2.45, 2.75) is 57.3 Å². The second-order valence-corrected chi connectivity index (χ2v) is 9.78. The number of carbonyl (C=O) groups excluding carboxylic acids is 1. The number of quaternary nitrogens is 1. The second kappa shape index (κ2) is 11.4. The van der Waals surface area contributed by atoms with E-state index < -0.39 is 11.0 Å². The first-order chi connectivity index (χ1) is 18.1. The summed E-state index contributed by atoms with van der Waals surface area (Å²) in [6, 6.07) is 22.1. The van der Waals surface area contributed by atoms with E-state index in [0.29, 0.717) is 30.2 Å². The van der Waals surface area contributed by atoms with Gasteiger partial charge < -0.3 is 19.7 Å². The molecular weight excluding hydrogens is 470 g/mol. The molecule has 0 aromatic heterocycles. The number of nitrogens with one attached hydrogen (secondary N) is 2. The molecule has 37 heavy (non-hydrogen) atoms. The predicted octanol–water partition coefficient (Wildman–Crippen LogP) is 4.10. The Hall–Kier alpha value is -3.91. The van der Waals surface area contributed by atoms with E-state index in [-0.39, 0.29) is 24.4 Å². The number of nitrogens with zero attached hydrogens (tertiary/aromatic N) is 1. The van der Waals surface area contributed by atoms with Crippen molar-refractivity contribution in [3.05, 3.63) is 99.6 Å². The molecule has 1 aliphatic heterocycles. The minimum atomic E-state index is -0.822. The van der Waals surface area contributed by atoms with Gasteiger partial charge in [-0.25, -0.2) is 0 Å². The number of fused-ring (bicyclic) bond motifs is 1. The van der Waals surface area contributed by atoms with Crippen LogP contribution in [-0.2, 0) is 17.9 Å². The molecule has 192 valence electrons. The largest absolute Gasteiger partial charge is 0.454 e. The van der Waals surface area contributed by atoms with Crippen molar-refractivity contribution < 1.29 is 24.1 Å². The van der Waals surface area contributed by atoms with Crippen LogP contribution in [0.4, 0.5) is 5.69 Å². The van der Waals surface area contributed by atoms with Gasteiger partial charge >= 0.3 is 0 Å². The van der Waals surface area contributed by atoms with Gasteiger partial charge in [0, 0.05) is 23.2 Å². The van der Waals surface area contributed by atoms with E-state index in [9.17, 15) is 14.9 Å². The molecule has 5 rings (SSSR count). The predicted molar refractivity (Wildman–Crippen MR) is 138 cm³/mol. The van der Waals surface area contributed by atoms with Crippen LogP contribution in [0.5, 0.6) is 11.5 Å². The van der Waals surface area contributed by atoms with Crippen LogP contribution in [0.2, 0.25) is 0 Å². The zero-order valence-electron chi connectivity index (χ0n) is 20.7. The minimum Gasteiger partial charge on any atom is -0.454 e. The summed E-state index contributed by atoms with van der Waals surface area (Å²) in [6.07, 6.45) is 5.17. The summed E-state index contributed by atoms with van der Waals surface area (Å²) in [4.78, 5) is 26.8. The van der Waals surface area contributed by atoms with E-state index in [4.69, 9.17) is 9.47 Å². The Kier molecular flexibility index (Phi) is 7.65. The molecule has 1 heterocycles. The number of nitro groups is 1. The SMILES string of the molecule is O=C(NC1CCCCC1)C(c1cc2c(cc1[N+](=O)[O-])OCO2)[NH+](Cc1ccccc1)Cc1ccccc1. The smallest absolute Gasteiger partial charge is 0.283 e. The fourth-order valence-corrected chi connectivity index (χ4v) is 5.40. The summed E-state index contributed by atoms with van der Waals surface area (Å²) in [7, 11) is 0. The summed E-state index contributed by atoms with van der Waals surface area (Å²) in [5.41, 5.74) is 2.30. The molecule has 0 spiro atoms. The zero-order valence-corrected chi connectivity index (χ0v) is 20.7. The van der Waals surface area contributed by atoms with Gasteiger partial charge in [0.25, 0.3) is 11.6 Å². The monoisotopic (exact) mass is 502 g/mol. The van der Waals surface area contributed by atoms with E-state index in [0.717, 1.165) is 41.7 Å². The van der Waals surface area contributed by atoms with Crippen LogP contribution in [0.25, 0.3) is 0 Å². The third-order valence-electron chi connectivity index (χ3n) is 7.20.